The van der Waals surface area contributed by atoms with E-state index in [2.05, 4.69) is 17.6 Å². The number of hydrogen-bond donors (Lipinski definition) is 2. The minimum absolute atomic E-state index is 0.173. The third-order valence-electron chi connectivity index (χ3n) is 3.80. The van der Waals surface area contributed by atoms with Gasteiger partial charge in [0.05, 0.1) is 19.6 Å². The van der Waals surface area contributed by atoms with Crippen LogP contribution >= 0.6 is 12.2 Å². The fourth-order valence-electron chi connectivity index (χ4n) is 2.19. The van der Waals surface area contributed by atoms with Crippen LogP contribution in [-0.4, -0.2) is 24.2 Å². The van der Waals surface area contributed by atoms with Crippen LogP contribution in [0.15, 0.2) is 48.5 Å². The minimum atomic E-state index is -0.176. The van der Waals surface area contributed by atoms with Crippen molar-refractivity contribution in [3.8, 4) is 11.5 Å². The van der Waals surface area contributed by atoms with E-state index in [0.717, 1.165) is 29.2 Å². The summed E-state index contributed by atoms with van der Waals surface area (Å²) in [4.78, 5) is 12.1. The van der Waals surface area contributed by atoms with E-state index in [-0.39, 0.29) is 23.5 Å². The molecule has 26 heavy (non-hydrogen) atoms. The first kappa shape index (κ1) is 19.7. The number of benzene rings is 2. The molecule has 0 aliphatic rings. The lowest BCUT2D eigenvalue weighted by Gasteiger charge is -2.14. The number of ether oxygens (including phenoxy) is 2. The van der Waals surface area contributed by atoms with Gasteiger partial charge in [-0.05, 0) is 67.5 Å². The van der Waals surface area contributed by atoms with E-state index >= 15 is 0 Å². The summed E-state index contributed by atoms with van der Waals surface area (Å²) >= 11 is 5.20. The monoisotopic (exact) mass is 372 g/mol. The summed E-state index contributed by atoms with van der Waals surface area (Å²) in [5.74, 6) is 1.39. The summed E-state index contributed by atoms with van der Waals surface area (Å²) < 4.78 is 10.8. The van der Waals surface area contributed by atoms with Gasteiger partial charge < -0.3 is 20.1 Å². The van der Waals surface area contributed by atoms with Crippen LogP contribution in [0.25, 0.3) is 0 Å². The average Bonchev–Trinajstić information content (AvgIpc) is 2.63. The molecule has 2 aromatic carbocycles. The first-order valence-corrected chi connectivity index (χ1v) is 8.91. The van der Waals surface area contributed by atoms with Gasteiger partial charge in [0.15, 0.2) is 5.11 Å². The molecule has 2 rings (SSSR count). The number of carbonyl (C=O) groups is 1. The van der Waals surface area contributed by atoms with E-state index < -0.39 is 0 Å². The summed E-state index contributed by atoms with van der Waals surface area (Å²) in [6.07, 6.45) is 1.37. The standard InChI is InChI=1S/C20H24N2O3S/c1-4-14(2)25-18-11-7-16(8-12-18)21-20(26)22-19(23)13-15-5-9-17(24-3)10-6-15/h5-12,14H,4,13H2,1-3H3,(H2,21,22,23,26). The third kappa shape index (κ3) is 6.37. The van der Waals surface area contributed by atoms with Crippen molar-refractivity contribution in [3.05, 3.63) is 54.1 Å². The van der Waals surface area contributed by atoms with Gasteiger partial charge in [0.1, 0.15) is 11.5 Å². The highest BCUT2D eigenvalue weighted by Gasteiger charge is 2.07. The fourth-order valence-corrected chi connectivity index (χ4v) is 2.43. The van der Waals surface area contributed by atoms with Crippen molar-refractivity contribution in [2.24, 2.45) is 0 Å². The summed E-state index contributed by atoms with van der Waals surface area (Å²) in [5.41, 5.74) is 1.67. The Morgan fingerprint density at radius 1 is 1.08 bits per heavy atom. The number of carbonyl (C=O) groups excluding carboxylic acids is 1. The van der Waals surface area contributed by atoms with Crippen molar-refractivity contribution in [2.45, 2.75) is 32.8 Å². The Hall–Kier alpha value is -2.60. The number of hydrogen-bond acceptors (Lipinski definition) is 4. The van der Waals surface area contributed by atoms with Crippen molar-refractivity contribution in [3.63, 3.8) is 0 Å². The van der Waals surface area contributed by atoms with Gasteiger partial charge in [-0.1, -0.05) is 19.1 Å². The summed E-state index contributed by atoms with van der Waals surface area (Å²) in [5, 5.41) is 5.94. The first-order chi connectivity index (χ1) is 12.5. The van der Waals surface area contributed by atoms with Gasteiger partial charge in [-0.15, -0.1) is 0 Å². The highest BCUT2D eigenvalue weighted by molar-refractivity contribution is 7.80. The zero-order valence-electron chi connectivity index (χ0n) is 15.2. The molecule has 138 valence electrons. The maximum absolute atomic E-state index is 12.1. The van der Waals surface area contributed by atoms with Crippen molar-refractivity contribution < 1.29 is 14.3 Å². The minimum Gasteiger partial charge on any atom is -0.497 e. The molecule has 0 radical (unpaired) electrons. The van der Waals surface area contributed by atoms with Crippen LogP contribution in [-0.2, 0) is 11.2 Å². The van der Waals surface area contributed by atoms with Gasteiger partial charge >= 0.3 is 0 Å². The highest BCUT2D eigenvalue weighted by atomic mass is 32.1. The quantitative estimate of drug-likeness (QED) is 0.721. The maximum Gasteiger partial charge on any atom is 0.230 e. The van der Waals surface area contributed by atoms with E-state index in [1.165, 1.54) is 0 Å². The maximum atomic E-state index is 12.1. The van der Waals surface area contributed by atoms with Crippen LogP contribution in [0.3, 0.4) is 0 Å². The first-order valence-electron chi connectivity index (χ1n) is 8.50. The Morgan fingerprint density at radius 3 is 2.27 bits per heavy atom. The Morgan fingerprint density at radius 2 is 1.69 bits per heavy atom. The molecule has 0 saturated heterocycles. The van der Waals surface area contributed by atoms with Crippen molar-refractivity contribution in [2.75, 3.05) is 12.4 Å². The van der Waals surface area contributed by atoms with E-state index in [9.17, 15) is 4.79 Å². The number of nitrogens with one attached hydrogen (secondary N) is 2. The second kappa shape index (κ2) is 9.77. The molecule has 0 fully saturated rings. The molecule has 1 amide bonds. The van der Waals surface area contributed by atoms with Gasteiger partial charge in [0.2, 0.25) is 5.91 Å². The highest BCUT2D eigenvalue weighted by Crippen LogP contribution is 2.17. The zero-order chi connectivity index (χ0) is 18.9. The fraction of sp³-hybridized carbons (Fsp3) is 0.300. The van der Waals surface area contributed by atoms with Crippen LogP contribution < -0.4 is 20.1 Å². The number of methoxy groups -OCH3 is 1. The smallest absolute Gasteiger partial charge is 0.230 e. The van der Waals surface area contributed by atoms with E-state index in [1.54, 1.807) is 7.11 Å². The van der Waals surface area contributed by atoms with Crippen LogP contribution in [0, 0.1) is 0 Å². The lowest BCUT2D eigenvalue weighted by molar-refractivity contribution is -0.119. The average molecular weight is 372 g/mol. The van der Waals surface area contributed by atoms with Gasteiger partial charge in [0.25, 0.3) is 0 Å². The molecule has 0 heterocycles. The number of rotatable bonds is 7. The molecule has 2 aromatic rings. The van der Waals surface area contributed by atoms with Crippen LogP contribution in [0.2, 0.25) is 0 Å². The molecule has 0 bridgehead atoms. The normalized spacial score (nSPS) is 11.3. The van der Waals surface area contributed by atoms with Crippen molar-refractivity contribution in [1.29, 1.82) is 0 Å². The summed E-state index contributed by atoms with van der Waals surface area (Å²) in [6.45, 7) is 4.10. The second-order valence-corrected chi connectivity index (χ2v) is 6.30. The molecule has 6 heteroatoms. The lowest BCUT2D eigenvalue weighted by Crippen LogP contribution is -2.35. The SMILES string of the molecule is CCC(C)Oc1ccc(NC(=S)NC(=O)Cc2ccc(OC)cc2)cc1. The molecule has 5 nitrogen and oxygen atoms in total. The Kier molecular flexibility index (Phi) is 7.41. The Balaban J connectivity index is 1.82. The lowest BCUT2D eigenvalue weighted by atomic mass is 10.1. The van der Waals surface area contributed by atoms with Gasteiger partial charge in [-0.2, -0.15) is 0 Å². The molecular weight excluding hydrogens is 348 g/mol. The zero-order valence-corrected chi connectivity index (χ0v) is 16.1. The summed E-state index contributed by atoms with van der Waals surface area (Å²) in [7, 11) is 1.61. The van der Waals surface area contributed by atoms with E-state index in [4.69, 9.17) is 21.7 Å². The molecule has 0 saturated carbocycles. The number of amides is 1. The van der Waals surface area contributed by atoms with E-state index in [0.29, 0.717) is 0 Å². The molecule has 0 aliphatic heterocycles. The Labute approximate surface area is 159 Å². The van der Waals surface area contributed by atoms with Gasteiger partial charge in [-0.25, -0.2) is 0 Å². The largest absolute Gasteiger partial charge is 0.497 e. The third-order valence-corrected chi connectivity index (χ3v) is 4.01. The molecular formula is C20H24N2O3S. The number of anilines is 1. The van der Waals surface area contributed by atoms with Gasteiger partial charge in [-0.3, -0.25) is 4.79 Å². The van der Waals surface area contributed by atoms with E-state index in [1.807, 2.05) is 55.5 Å². The van der Waals surface area contributed by atoms with Crippen LogP contribution in [0.4, 0.5) is 5.69 Å². The predicted molar refractivity (Wildman–Crippen MR) is 108 cm³/mol. The van der Waals surface area contributed by atoms with Crippen LogP contribution in [0.5, 0.6) is 11.5 Å². The molecule has 1 atom stereocenters. The van der Waals surface area contributed by atoms with Crippen LogP contribution in [0.1, 0.15) is 25.8 Å². The topological polar surface area (TPSA) is 59.6 Å². The Bertz CT molecular complexity index is 730. The molecule has 0 spiro atoms. The second-order valence-electron chi connectivity index (χ2n) is 5.89. The molecule has 1 unspecified atom stereocenters. The summed E-state index contributed by atoms with van der Waals surface area (Å²) in [6, 6.07) is 14.8. The molecule has 0 aliphatic carbocycles. The molecule has 0 aromatic heterocycles. The molecule has 2 N–H and O–H groups in total. The van der Waals surface area contributed by atoms with Crippen molar-refractivity contribution in [1.82, 2.24) is 5.32 Å². The predicted octanol–water partition coefficient (Wildman–Crippen LogP) is 3.93. The van der Waals surface area contributed by atoms with Gasteiger partial charge in [0, 0.05) is 5.69 Å². The number of thiocarbonyl (C=S) groups is 1. The van der Waals surface area contributed by atoms with Crippen molar-refractivity contribution >= 4 is 28.9 Å².